The number of hydrogen-bond donors (Lipinski definition) is 4. The van der Waals surface area contributed by atoms with Crippen LogP contribution in [0.4, 0.5) is 0 Å². The van der Waals surface area contributed by atoms with Crippen molar-refractivity contribution in [3.63, 3.8) is 0 Å². The second-order valence-corrected chi connectivity index (χ2v) is 11.6. The van der Waals surface area contributed by atoms with Gasteiger partial charge in [0.1, 0.15) is 17.9 Å². The molecule has 14 heteroatoms. The third-order valence-corrected chi connectivity index (χ3v) is 7.79. The van der Waals surface area contributed by atoms with Crippen LogP contribution in [-0.4, -0.2) is 63.3 Å². The largest absolute Gasteiger partial charge is 0.462 e. The molecule has 0 aliphatic carbocycles. The Labute approximate surface area is 212 Å². The quantitative estimate of drug-likeness (QED) is 0.233. The van der Waals surface area contributed by atoms with Gasteiger partial charge in [-0.15, -0.1) is 0 Å². The molecule has 1 saturated heterocycles. The number of benzene rings is 1. The number of aliphatic hydroxyl groups is 2. The lowest BCUT2D eigenvalue weighted by atomic mass is 9.99. The molecule has 0 spiro atoms. The summed E-state index contributed by atoms with van der Waals surface area (Å²) >= 11 is 5.66. The van der Waals surface area contributed by atoms with Gasteiger partial charge in [-0.3, -0.25) is 19.1 Å². The Hall–Kier alpha value is -2.38. The molecule has 1 aliphatic rings. The van der Waals surface area contributed by atoms with Gasteiger partial charge in [-0.1, -0.05) is 18.2 Å². The summed E-state index contributed by atoms with van der Waals surface area (Å²) in [5, 5.41) is 23.5. The minimum atomic E-state index is -3.39. The van der Waals surface area contributed by atoms with Gasteiger partial charge in [0.25, 0.3) is 5.56 Å². The molecule has 1 fully saturated rings. The zero-order valence-electron chi connectivity index (χ0n) is 20.0. The minimum absolute atomic E-state index is 0.236. The number of hydrogen-bond acceptors (Lipinski definition) is 10. The number of carbonyl (C=O) groups is 1. The topological polar surface area (TPSA) is 161 Å². The zero-order valence-corrected chi connectivity index (χ0v) is 21.7. The van der Waals surface area contributed by atoms with E-state index in [0.717, 1.165) is 10.6 Å². The van der Waals surface area contributed by atoms with Gasteiger partial charge in [0.05, 0.1) is 25.4 Å². The molecule has 0 saturated carbocycles. The van der Waals surface area contributed by atoms with Crippen LogP contribution in [0.5, 0.6) is 5.75 Å². The van der Waals surface area contributed by atoms with Gasteiger partial charge in [-0.05, 0) is 44.7 Å². The normalized spacial score (nSPS) is 24.3. The Balaban J connectivity index is 1.79. The van der Waals surface area contributed by atoms with E-state index in [9.17, 15) is 24.6 Å². The predicted octanol–water partition coefficient (Wildman–Crippen LogP) is 0.653. The van der Waals surface area contributed by atoms with Crippen molar-refractivity contribution in [1.29, 1.82) is 0 Å². The summed E-state index contributed by atoms with van der Waals surface area (Å²) in [5.74, 6) is -0.975. The van der Waals surface area contributed by atoms with Crippen molar-refractivity contribution < 1.29 is 33.5 Å². The van der Waals surface area contributed by atoms with E-state index in [1.165, 1.54) is 6.20 Å². The van der Waals surface area contributed by atoms with Crippen molar-refractivity contribution in [3.05, 3.63) is 63.4 Å². The van der Waals surface area contributed by atoms with E-state index in [1.54, 1.807) is 51.1 Å². The predicted molar refractivity (Wildman–Crippen MR) is 133 cm³/mol. The van der Waals surface area contributed by atoms with E-state index < -0.39 is 60.9 Å². The highest BCUT2D eigenvalue weighted by molar-refractivity contribution is 8.09. The van der Waals surface area contributed by atoms with Crippen LogP contribution in [0.3, 0.4) is 0 Å². The molecular formula is C22H30N3O9PS. The van der Waals surface area contributed by atoms with Crippen molar-refractivity contribution in [2.24, 2.45) is 5.92 Å². The molecule has 0 amide bonds. The third kappa shape index (κ3) is 7.10. The van der Waals surface area contributed by atoms with Crippen LogP contribution in [0, 0.1) is 5.92 Å². The summed E-state index contributed by atoms with van der Waals surface area (Å²) in [6, 6.07) is 8.89. The highest BCUT2D eigenvalue weighted by Crippen LogP contribution is 2.46. The van der Waals surface area contributed by atoms with E-state index in [4.69, 9.17) is 30.3 Å². The first-order valence-corrected chi connectivity index (χ1v) is 13.9. The fourth-order valence-electron chi connectivity index (χ4n) is 3.54. The zero-order chi connectivity index (χ0) is 26.5. The Morgan fingerprint density at radius 2 is 1.94 bits per heavy atom. The van der Waals surface area contributed by atoms with Crippen molar-refractivity contribution in [3.8, 4) is 5.75 Å². The molecule has 1 aromatic heterocycles. The number of rotatable bonds is 11. The Morgan fingerprint density at radius 3 is 2.56 bits per heavy atom. The molecule has 0 bridgehead atoms. The van der Waals surface area contributed by atoms with Crippen LogP contribution >= 0.6 is 6.64 Å². The first-order chi connectivity index (χ1) is 17.0. The van der Waals surface area contributed by atoms with Gasteiger partial charge in [0.15, 0.2) is 6.23 Å². The SMILES string of the molecule is CC(C)OC(=O)[C@@H](C)N[P@@](=S)(OC[C@H]1OC(n2ccc(=O)[nH]c2=O)[C@H](O)[C@@H]1CO)Oc1ccccc1. The minimum Gasteiger partial charge on any atom is -0.462 e. The van der Waals surface area contributed by atoms with Crippen LogP contribution in [0.15, 0.2) is 52.2 Å². The van der Waals surface area contributed by atoms with E-state index >= 15 is 0 Å². The molecule has 1 unspecified atom stereocenters. The standard InChI is InChI=1S/C22H30N3O9PS/c1-13(2)32-21(29)14(3)24-35(36,34-15-7-5-4-6-8-15)31-12-17-16(11-26)19(28)20(33-17)25-10-9-18(27)23-22(25)30/h4-10,13-14,16-17,19-20,26,28H,11-12H2,1-3H3,(H,24,36)(H,23,27,30)/t14-,16-,17-,19-,20?,35-/m1/s1. The number of nitrogens with one attached hydrogen (secondary N) is 2. The summed E-state index contributed by atoms with van der Waals surface area (Å²) in [4.78, 5) is 38.0. The van der Waals surface area contributed by atoms with Crippen molar-refractivity contribution in [2.45, 2.75) is 51.4 Å². The highest BCUT2D eigenvalue weighted by Gasteiger charge is 2.45. The van der Waals surface area contributed by atoms with Gasteiger partial charge in [0.2, 0.25) is 0 Å². The van der Waals surface area contributed by atoms with E-state index in [0.29, 0.717) is 5.75 Å². The van der Waals surface area contributed by atoms with Crippen LogP contribution in [0.1, 0.15) is 27.0 Å². The maximum atomic E-state index is 12.4. The monoisotopic (exact) mass is 543 g/mol. The van der Waals surface area contributed by atoms with E-state index in [-0.39, 0.29) is 12.7 Å². The van der Waals surface area contributed by atoms with Gasteiger partial charge in [-0.25, -0.2) is 9.88 Å². The molecule has 0 radical (unpaired) electrons. The fourth-order valence-corrected chi connectivity index (χ4v) is 5.96. The number of para-hydroxylation sites is 1. The summed E-state index contributed by atoms with van der Waals surface area (Å²) in [7, 11) is 0. The highest BCUT2D eigenvalue weighted by atomic mass is 32.5. The Morgan fingerprint density at radius 1 is 1.25 bits per heavy atom. The summed E-state index contributed by atoms with van der Waals surface area (Å²) < 4.78 is 24.0. The van der Waals surface area contributed by atoms with Gasteiger partial charge in [-0.2, -0.15) is 0 Å². The van der Waals surface area contributed by atoms with E-state index in [1.807, 2.05) is 0 Å². The maximum absolute atomic E-state index is 12.4. The summed E-state index contributed by atoms with van der Waals surface area (Å²) in [6.07, 6.45) is -2.49. The number of nitrogens with zero attached hydrogens (tertiary/aromatic N) is 1. The van der Waals surface area contributed by atoms with Gasteiger partial charge < -0.3 is 28.7 Å². The number of aliphatic hydroxyl groups excluding tert-OH is 2. The summed E-state index contributed by atoms with van der Waals surface area (Å²) in [5.41, 5.74) is -1.38. The molecule has 6 atom stereocenters. The van der Waals surface area contributed by atoms with Gasteiger partial charge >= 0.3 is 18.3 Å². The first-order valence-electron chi connectivity index (χ1n) is 11.3. The average Bonchev–Trinajstić information content (AvgIpc) is 3.13. The molecule has 12 nitrogen and oxygen atoms in total. The van der Waals surface area contributed by atoms with Crippen LogP contribution < -0.4 is 20.9 Å². The average molecular weight is 544 g/mol. The molecule has 36 heavy (non-hydrogen) atoms. The molecular weight excluding hydrogens is 513 g/mol. The molecule has 1 aromatic carbocycles. The lowest BCUT2D eigenvalue weighted by Crippen LogP contribution is -2.37. The second-order valence-electron chi connectivity index (χ2n) is 8.45. The number of aromatic nitrogens is 2. The number of carbonyl (C=O) groups excluding carboxylic acids is 1. The molecule has 3 rings (SSSR count). The lowest BCUT2D eigenvalue weighted by Gasteiger charge is -2.28. The Kier molecular flexibility index (Phi) is 9.59. The lowest BCUT2D eigenvalue weighted by molar-refractivity contribution is -0.149. The summed E-state index contributed by atoms with van der Waals surface area (Å²) in [6.45, 7) is 0.907. The van der Waals surface area contributed by atoms with Crippen molar-refractivity contribution >= 4 is 24.4 Å². The second kappa shape index (κ2) is 12.2. The molecule has 1 aliphatic heterocycles. The number of H-pyrrole nitrogens is 1. The smallest absolute Gasteiger partial charge is 0.330 e. The molecule has 2 heterocycles. The number of aromatic amines is 1. The Bertz CT molecular complexity index is 1190. The molecule has 2 aromatic rings. The van der Waals surface area contributed by atoms with Crippen LogP contribution in [0.2, 0.25) is 0 Å². The van der Waals surface area contributed by atoms with Crippen LogP contribution in [0.25, 0.3) is 0 Å². The number of ether oxygens (including phenoxy) is 2. The molecule has 198 valence electrons. The molecule has 4 N–H and O–H groups in total. The maximum Gasteiger partial charge on any atom is 0.330 e. The van der Waals surface area contributed by atoms with E-state index in [2.05, 4.69) is 10.1 Å². The number of esters is 1. The first kappa shape index (κ1) is 28.2. The van der Waals surface area contributed by atoms with Crippen LogP contribution in [-0.2, 0) is 30.6 Å². The van der Waals surface area contributed by atoms with Crippen molar-refractivity contribution in [1.82, 2.24) is 14.6 Å². The third-order valence-electron chi connectivity index (χ3n) is 5.29. The van der Waals surface area contributed by atoms with Crippen molar-refractivity contribution in [2.75, 3.05) is 13.2 Å². The fraction of sp³-hybridized carbons (Fsp3) is 0.500. The van der Waals surface area contributed by atoms with Gasteiger partial charge in [0, 0.05) is 18.2 Å².